The van der Waals surface area contributed by atoms with Crippen LogP contribution in [-0.2, 0) is 4.74 Å². The van der Waals surface area contributed by atoms with E-state index in [1.54, 1.807) is 7.11 Å². The lowest BCUT2D eigenvalue weighted by molar-refractivity contribution is 0.0583. The third-order valence-corrected chi connectivity index (χ3v) is 2.49. The average Bonchev–Trinajstić information content (AvgIpc) is 2.00. The lowest BCUT2D eigenvalue weighted by atomic mass is 9.89. The van der Waals surface area contributed by atoms with E-state index >= 15 is 0 Å². The lowest BCUT2D eigenvalue weighted by Crippen LogP contribution is -2.26. The molecule has 0 aliphatic heterocycles. The van der Waals surface area contributed by atoms with Crippen molar-refractivity contribution in [2.75, 3.05) is 7.11 Å². The quantitative estimate of drug-likeness (QED) is 0.675. The summed E-state index contributed by atoms with van der Waals surface area (Å²) < 4.78 is 5.19. The standard InChI is InChI=1S/C9H19NO/c1-6(8(3)10)7(2)9(4)11-5/h6-7,9H,3,10H2,1-2,4-5H3/t6?,7-,9+/m0/s1. The largest absolute Gasteiger partial charge is 0.402 e. The fourth-order valence-electron chi connectivity index (χ4n) is 0.959. The van der Waals surface area contributed by atoms with Gasteiger partial charge in [-0.2, -0.15) is 0 Å². The fourth-order valence-corrected chi connectivity index (χ4v) is 0.959. The highest BCUT2D eigenvalue weighted by Crippen LogP contribution is 2.20. The topological polar surface area (TPSA) is 35.2 Å². The number of allylic oxidation sites excluding steroid dienone is 1. The number of methoxy groups -OCH3 is 1. The van der Waals surface area contributed by atoms with Crippen molar-refractivity contribution in [3.63, 3.8) is 0 Å². The number of hydrogen-bond acceptors (Lipinski definition) is 2. The van der Waals surface area contributed by atoms with Gasteiger partial charge in [0.25, 0.3) is 0 Å². The summed E-state index contributed by atoms with van der Waals surface area (Å²) in [6, 6.07) is 0. The first-order valence-electron chi connectivity index (χ1n) is 3.97. The first kappa shape index (κ1) is 10.5. The molecule has 66 valence electrons. The second kappa shape index (κ2) is 4.39. The summed E-state index contributed by atoms with van der Waals surface area (Å²) in [7, 11) is 1.72. The van der Waals surface area contributed by atoms with Gasteiger partial charge in [-0.15, -0.1) is 0 Å². The molecule has 0 saturated heterocycles. The van der Waals surface area contributed by atoms with Gasteiger partial charge < -0.3 is 10.5 Å². The van der Waals surface area contributed by atoms with E-state index in [-0.39, 0.29) is 6.10 Å². The molecule has 1 unspecified atom stereocenters. The van der Waals surface area contributed by atoms with Gasteiger partial charge in [0.1, 0.15) is 0 Å². The molecule has 0 radical (unpaired) electrons. The summed E-state index contributed by atoms with van der Waals surface area (Å²) >= 11 is 0. The molecule has 0 aliphatic carbocycles. The molecule has 0 spiro atoms. The molecule has 11 heavy (non-hydrogen) atoms. The zero-order chi connectivity index (χ0) is 9.02. The first-order chi connectivity index (χ1) is 5.00. The summed E-state index contributed by atoms with van der Waals surface area (Å²) in [5.41, 5.74) is 6.32. The molecule has 0 bridgehead atoms. The van der Waals surface area contributed by atoms with E-state index in [9.17, 15) is 0 Å². The minimum atomic E-state index is 0.241. The molecular formula is C9H19NO. The molecule has 0 aromatic carbocycles. The highest BCUT2D eigenvalue weighted by Gasteiger charge is 2.19. The van der Waals surface area contributed by atoms with Gasteiger partial charge in [0.15, 0.2) is 0 Å². The maximum absolute atomic E-state index is 5.58. The van der Waals surface area contributed by atoms with E-state index in [1.807, 2.05) is 6.92 Å². The van der Waals surface area contributed by atoms with Gasteiger partial charge in [-0.05, 0) is 12.8 Å². The van der Waals surface area contributed by atoms with E-state index in [1.165, 1.54) is 0 Å². The minimum Gasteiger partial charge on any atom is -0.402 e. The van der Waals surface area contributed by atoms with Gasteiger partial charge in [0.2, 0.25) is 0 Å². The second-order valence-electron chi connectivity index (χ2n) is 3.16. The molecule has 0 aromatic heterocycles. The van der Waals surface area contributed by atoms with E-state index < -0.39 is 0 Å². The predicted molar refractivity (Wildman–Crippen MR) is 48.1 cm³/mol. The third-order valence-electron chi connectivity index (χ3n) is 2.49. The summed E-state index contributed by atoms with van der Waals surface area (Å²) in [6.07, 6.45) is 0.241. The molecule has 3 atom stereocenters. The maximum Gasteiger partial charge on any atom is 0.0575 e. The summed E-state index contributed by atoms with van der Waals surface area (Å²) in [5.74, 6) is 0.752. The Balaban J connectivity index is 4.00. The molecule has 0 amide bonds. The Hall–Kier alpha value is -0.500. The van der Waals surface area contributed by atoms with Crippen molar-refractivity contribution in [1.82, 2.24) is 0 Å². The first-order valence-corrected chi connectivity index (χ1v) is 3.97. The highest BCUT2D eigenvalue weighted by molar-refractivity contribution is 4.95. The normalized spacial score (nSPS) is 18.9. The van der Waals surface area contributed by atoms with Gasteiger partial charge in [-0.25, -0.2) is 0 Å². The van der Waals surface area contributed by atoms with Crippen LogP contribution in [0.15, 0.2) is 12.3 Å². The minimum absolute atomic E-state index is 0.241. The van der Waals surface area contributed by atoms with Gasteiger partial charge >= 0.3 is 0 Å². The number of ether oxygens (including phenoxy) is 1. The molecule has 0 aromatic rings. The van der Waals surface area contributed by atoms with Crippen LogP contribution in [-0.4, -0.2) is 13.2 Å². The Bertz CT molecular complexity index is 134. The Morgan fingerprint density at radius 3 is 2.09 bits per heavy atom. The SMILES string of the molecule is C=C(N)C(C)[C@H](C)[C@@H](C)OC. The van der Waals surface area contributed by atoms with Crippen LogP contribution < -0.4 is 5.73 Å². The van der Waals surface area contributed by atoms with Crippen molar-refractivity contribution < 1.29 is 4.74 Å². The Morgan fingerprint density at radius 1 is 1.36 bits per heavy atom. The van der Waals surface area contributed by atoms with Crippen LogP contribution in [0.4, 0.5) is 0 Å². The van der Waals surface area contributed by atoms with Gasteiger partial charge in [-0.3, -0.25) is 0 Å². The van der Waals surface area contributed by atoms with Crippen molar-refractivity contribution >= 4 is 0 Å². The average molecular weight is 157 g/mol. The van der Waals surface area contributed by atoms with Crippen molar-refractivity contribution in [1.29, 1.82) is 0 Å². The molecule has 0 saturated carbocycles. The van der Waals surface area contributed by atoms with Crippen molar-refractivity contribution in [3.05, 3.63) is 12.3 Å². The number of rotatable bonds is 4. The molecule has 2 nitrogen and oxygen atoms in total. The maximum atomic E-state index is 5.58. The summed E-state index contributed by atoms with van der Waals surface area (Å²) in [4.78, 5) is 0. The molecule has 2 heteroatoms. The van der Waals surface area contributed by atoms with Crippen LogP contribution in [0.1, 0.15) is 20.8 Å². The number of nitrogens with two attached hydrogens (primary N) is 1. The molecule has 0 aliphatic rings. The monoisotopic (exact) mass is 157 g/mol. The third kappa shape index (κ3) is 2.93. The van der Waals surface area contributed by atoms with Crippen molar-refractivity contribution in [2.45, 2.75) is 26.9 Å². The van der Waals surface area contributed by atoms with Crippen LogP contribution in [0.2, 0.25) is 0 Å². The Kier molecular flexibility index (Phi) is 4.19. The van der Waals surface area contributed by atoms with Crippen molar-refractivity contribution in [3.8, 4) is 0 Å². The smallest absolute Gasteiger partial charge is 0.0575 e. The molecule has 0 rings (SSSR count). The van der Waals surface area contributed by atoms with Gasteiger partial charge in [0.05, 0.1) is 6.10 Å². The van der Waals surface area contributed by atoms with E-state index in [4.69, 9.17) is 10.5 Å². The van der Waals surface area contributed by atoms with E-state index in [2.05, 4.69) is 20.4 Å². The molecule has 0 fully saturated rings. The van der Waals surface area contributed by atoms with Gasteiger partial charge in [-0.1, -0.05) is 20.4 Å². The predicted octanol–water partition coefficient (Wildman–Crippen LogP) is 1.77. The second-order valence-corrected chi connectivity index (χ2v) is 3.16. The molecule has 2 N–H and O–H groups in total. The molecule has 0 heterocycles. The van der Waals surface area contributed by atoms with Crippen molar-refractivity contribution in [2.24, 2.45) is 17.6 Å². The zero-order valence-electron chi connectivity index (χ0n) is 7.92. The van der Waals surface area contributed by atoms with Crippen LogP contribution >= 0.6 is 0 Å². The number of hydrogen-bond donors (Lipinski definition) is 1. The van der Waals surface area contributed by atoms with Gasteiger partial charge in [0, 0.05) is 18.7 Å². The van der Waals surface area contributed by atoms with Crippen LogP contribution in [0.3, 0.4) is 0 Å². The van der Waals surface area contributed by atoms with Crippen LogP contribution in [0, 0.1) is 11.8 Å². The Labute approximate surface area is 69.4 Å². The highest BCUT2D eigenvalue weighted by atomic mass is 16.5. The summed E-state index contributed by atoms with van der Waals surface area (Å²) in [5, 5.41) is 0. The van der Waals surface area contributed by atoms with E-state index in [0.29, 0.717) is 11.8 Å². The van der Waals surface area contributed by atoms with Crippen LogP contribution in [0.5, 0.6) is 0 Å². The Morgan fingerprint density at radius 2 is 1.82 bits per heavy atom. The molecular weight excluding hydrogens is 138 g/mol. The van der Waals surface area contributed by atoms with E-state index in [0.717, 1.165) is 5.70 Å². The fraction of sp³-hybridized carbons (Fsp3) is 0.778. The zero-order valence-corrected chi connectivity index (χ0v) is 7.92. The van der Waals surface area contributed by atoms with Crippen LogP contribution in [0.25, 0.3) is 0 Å². The lowest BCUT2D eigenvalue weighted by Gasteiger charge is -2.24. The summed E-state index contributed by atoms with van der Waals surface area (Å²) in [6.45, 7) is 9.95.